The summed E-state index contributed by atoms with van der Waals surface area (Å²) in [6.45, 7) is 3.89. The normalized spacial score (nSPS) is 11.2. The summed E-state index contributed by atoms with van der Waals surface area (Å²) in [4.78, 5) is 13.6. The van der Waals surface area contributed by atoms with E-state index in [2.05, 4.69) is 5.32 Å². The monoisotopic (exact) mass is 261 g/mol. The number of aliphatic hydroxyl groups excluding tert-OH is 1. The van der Waals surface area contributed by atoms with Crippen LogP contribution in [0.5, 0.6) is 0 Å². The first-order chi connectivity index (χ1) is 8.89. The van der Waals surface area contributed by atoms with Gasteiger partial charge in [0.2, 0.25) is 5.91 Å². The Bertz CT molecular complexity index is 474. The molecule has 0 heterocycles. The summed E-state index contributed by atoms with van der Waals surface area (Å²) in [6.07, 6.45) is 0. The molecule has 0 aliphatic carbocycles. The maximum absolute atomic E-state index is 11.8. The second-order valence-corrected chi connectivity index (χ2v) is 5.06. The van der Waals surface area contributed by atoms with Gasteiger partial charge < -0.3 is 10.4 Å². The van der Waals surface area contributed by atoms with Crippen molar-refractivity contribution in [2.75, 3.05) is 25.5 Å². The van der Waals surface area contributed by atoms with Crippen molar-refractivity contribution in [1.82, 2.24) is 4.90 Å². The zero-order chi connectivity index (χ0) is 14.5. The molecule has 0 unspecified atom stereocenters. The van der Waals surface area contributed by atoms with Gasteiger partial charge in [0.05, 0.1) is 24.8 Å². The average molecular weight is 261 g/mol. The van der Waals surface area contributed by atoms with Crippen LogP contribution in [0.3, 0.4) is 0 Å². The number of carbonyl (C=O) groups excluding carboxylic acids is 1. The van der Waals surface area contributed by atoms with Crippen LogP contribution in [0.2, 0.25) is 0 Å². The molecule has 5 heteroatoms. The molecule has 0 atom stereocenters. The number of hydrogen-bond donors (Lipinski definition) is 2. The number of anilines is 1. The van der Waals surface area contributed by atoms with Crippen molar-refractivity contribution < 1.29 is 9.90 Å². The zero-order valence-electron chi connectivity index (χ0n) is 11.5. The maximum atomic E-state index is 11.8. The number of nitriles is 1. The van der Waals surface area contributed by atoms with Crippen LogP contribution in [-0.4, -0.2) is 41.7 Å². The van der Waals surface area contributed by atoms with E-state index in [0.717, 1.165) is 0 Å². The summed E-state index contributed by atoms with van der Waals surface area (Å²) < 4.78 is 0. The molecule has 0 aliphatic rings. The smallest absolute Gasteiger partial charge is 0.238 e. The fraction of sp³-hybridized carbons (Fsp3) is 0.429. The van der Waals surface area contributed by atoms with E-state index < -0.39 is 5.54 Å². The summed E-state index contributed by atoms with van der Waals surface area (Å²) in [6, 6.07) is 8.69. The third-order valence-corrected chi connectivity index (χ3v) is 3.10. The van der Waals surface area contributed by atoms with Crippen molar-refractivity contribution in [2.45, 2.75) is 19.4 Å². The number of hydrogen-bond acceptors (Lipinski definition) is 4. The van der Waals surface area contributed by atoms with E-state index in [9.17, 15) is 9.90 Å². The molecule has 0 aromatic heterocycles. The summed E-state index contributed by atoms with van der Waals surface area (Å²) in [5.41, 5.74) is 0.762. The molecular formula is C14H19N3O2. The molecule has 0 saturated heterocycles. The molecule has 5 nitrogen and oxygen atoms in total. The summed E-state index contributed by atoms with van der Waals surface area (Å²) >= 11 is 0. The zero-order valence-corrected chi connectivity index (χ0v) is 11.5. The van der Waals surface area contributed by atoms with Crippen molar-refractivity contribution in [3.05, 3.63) is 29.8 Å². The number of carbonyl (C=O) groups is 1. The third-order valence-electron chi connectivity index (χ3n) is 3.10. The Kier molecular flexibility index (Phi) is 5.04. The molecular weight excluding hydrogens is 242 g/mol. The summed E-state index contributed by atoms with van der Waals surface area (Å²) in [5.74, 6) is -0.159. The standard InChI is InChI=1S/C14H19N3O2/c1-14(2,10-18)17(3)9-13(19)16-12-6-4-11(8-15)5-7-12/h4-7,18H,9-10H2,1-3H3,(H,16,19). The lowest BCUT2D eigenvalue weighted by atomic mass is 10.1. The van der Waals surface area contributed by atoms with Gasteiger partial charge in [0.25, 0.3) is 0 Å². The third kappa shape index (κ3) is 4.36. The van der Waals surface area contributed by atoms with E-state index >= 15 is 0 Å². The molecule has 0 saturated carbocycles. The van der Waals surface area contributed by atoms with Gasteiger partial charge in [0, 0.05) is 11.2 Å². The predicted octanol–water partition coefficient (Wildman–Crippen LogP) is 1.20. The van der Waals surface area contributed by atoms with Gasteiger partial charge in [0.1, 0.15) is 0 Å². The van der Waals surface area contributed by atoms with E-state index in [1.807, 2.05) is 19.9 Å². The predicted molar refractivity (Wildman–Crippen MR) is 73.6 cm³/mol. The minimum atomic E-state index is -0.442. The summed E-state index contributed by atoms with van der Waals surface area (Å²) in [5, 5.41) is 20.6. The maximum Gasteiger partial charge on any atom is 0.238 e. The lowest BCUT2D eigenvalue weighted by Gasteiger charge is -2.33. The first kappa shape index (κ1) is 15.2. The van der Waals surface area contributed by atoms with Gasteiger partial charge in [-0.05, 0) is 45.2 Å². The lowest BCUT2D eigenvalue weighted by Crippen LogP contribution is -2.47. The average Bonchev–Trinajstić information content (AvgIpc) is 2.39. The van der Waals surface area contributed by atoms with Gasteiger partial charge in [-0.25, -0.2) is 0 Å². The van der Waals surface area contributed by atoms with E-state index in [4.69, 9.17) is 5.26 Å². The van der Waals surface area contributed by atoms with Crippen LogP contribution in [0.1, 0.15) is 19.4 Å². The van der Waals surface area contributed by atoms with Crippen LogP contribution < -0.4 is 5.32 Å². The number of amides is 1. The van der Waals surface area contributed by atoms with Crippen molar-refractivity contribution in [1.29, 1.82) is 5.26 Å². The number of benzene rings is 1. The molecule has 0 spiro atoms. The van der Waals surface area contributed by atoms with Crippen molar-refractivity contribution >= 4 is 11.6 Å². The Labute approximate surface area is 113 Å². The first-order valence-electron chi connectivity index (χ1n) is 6.01. The number of aliphatic hydroxyl groups is 1. The van der Waals surface area contributed by atoms with Gasteiger partial charge in [-0.3, -0.25) is 9.69 Å². The van der Waals surface area contributed by atoms with Crippen molar-refractivity contribution in [2.24, 2.45) is 0 Å². The highest BCUT2D eigenvalue weighted by Crippen LogP contribution is 2.12. The fourth-order valence-electron chi connectivity index (χ4n) is 1.38. The number of likely N-dealkylation sites (N-methyl/N-ethyl adjacent to an activating group) is 1. The quantitative estimate of drug-likeness (QED) is 0.835. The second-order valence-electron chi connectivity index (χ2n) is 5.06. The molecule has 0 bridgehead atoms. The fourth-order valence-corrected chi connectivity index (χ4v) is 1.38. The van der Waals surface area contributed by atoms with Crippen LogP contribution >= 0.6 is 0 Å². The van der Waals surface area contributed by atoms with E-state index in [0.29, 0.717) is 11.3 Å². The number of nitrogens with zero attached hydrogens (tertiary/aromatic N) is 2. The van der Waals surface area contributed by atoms with Crippen LogP contribution in [0.4, 0.5) is 5.69 Å². The van der Waals surface area contributed by atoms with Crippen LogP contribution in [0.15, 0.2) is 24.3 Å². The van der Waals surface area contributed by atoms with Crippen LogP contribution in [0, 0.1) is 11.3 Å². The highest BCUT2D eigenvalue weighted by atomic mass is 16.3. The van der Waals surface area contributed by atoms with E-state index in [1.165, 1.54) is 0 Å². The molecule has 0 fully saturated rings. The minimum absolute atomic E-state index is 0.0202. The molecule has 1 rings (SSSR count). The van der Waals surface area contributed by atoms with Crippen LogP contribution in [-0.2, 0) is 4.79 Å². The molecule has 102 valence electrons. The first-order valence-corrected chi connectivity index (χ1v) is 6.01. The Morgan fingerprint density at radius 2 is 2.00 bits per heavy atom. The van der Waals surface area contributed by atoms with Gasteiger partial charge >= 0.3 is 0 Å². The Balaban J connectivity index is 2.58. The molecule has 0 radical (unpaired) electrons. The van der Waals surface area contributed by atoms with Gasteiger partial charge in [-0.1, -0.05) is 0 Å². The Morgan fingerprint density at radius 3 is 2.47 bits per heavy atom. The molecule has 1 amide bonds. The van der Waals surface area contributed by atoms with Crippen molar-refractivity contribution in [3.63, 3.8) is 0 Å². The van der Waals surface area contributed by atoms with Crippen LogP contribution in [0.25, 0.3) is 0 Å². The SMILES string of the molecule is CN(CC(=O)Nc1ccc(C#N)cc1)C(C)(C)CO. The second kappa shape index (κ2) is 6.32. The number of rotatable bonds is 5. The highest BCUT2D eigenvalue weighted by molar-refractivity contribution is 5.92. The van der Waals surface area contributed by atoms with E-state index in [1.54, 1.807) is 36.2 Å². The minimum Gasteiger partial charge on any atom is -0.394 e. The number of nitrogens with one attached hydrogen (secondary N) is 1. The topological polar surface area (TPSA) is 76.4 Å². The van der Waals surface area contributed by atoms with Crippen molar-refractivity contribution in [3.8, 4) is 6.07 Å². The molecule has 0 aliphatic heterocycles. The highest BCUT2D eigenvalue weighted by Gasteiger charge is 2.24. The molecule has 1 aromatic carbocycles. The van der Waals surface area contributed by atoms with Gasteiger partial charge in [0.15, 0.2) is 0 Å². The van der Waals surface area contributed by atoms with Gasteiger partial charge in [-0.15, -0.1) is 0 Å². The largest absolute Gasteiger partial charge is 0.394 e. The molecule has 2 N–H and O–H groups in total. The van der Waals surface area contributed by atoms with Gasteiger partial charge in [-0.2, -0.15) is 5.26 Å². The lowest BCUT2D eigenvalue weighted by molar-refractivity contribution is -0.118. The molecule has 19 heavy (non-hydrogen) atoms. The van der Waals surface area contributed by atoms with E-state index in [-0.39, 0.29) is 19.1 Å². The molecule has 1 aromatic rings. The Hall–Kier alpha value is -1.90. The Morgan fingerprint density at radius 1 is 1.42 bits per heavy atom. The summed E-state index contributed by atoms with van der Waals surface area (Å²) in [7, 11) is 1.79.